The van der Waals surface area contributed by atoms with E-state index in [4.69, 9.17) is 16.6 Å². The maximum Gasteiger partial charge on any atom is 0.226 e. The predicted molar refractivity (Wildman–Crippen MR) is 117 cm³/mol. The number of benzene rings is 1. The Kier molecular flexibility index (Phi) is 6.04. The molecule has 2 fully saturated rings. The molecule has 1 saturated heterocycles. The zero-order chi connectivity index (χ0) is 20.4. The van der Waals surface area contributed by atoms with E-state index in [0.717, 1.165) is 49.0 Å². The van der Waals surface area contributed by atoms with Crippen molar-refractivity contribution >= 4 is 23.5 Å². The molecule has 4 rings (SSSR count). The van der Waals surface area contributed by atoms with Crippen molar-refractivity contribution in [3.63, 3.8) is 0 Å². The molecule has 1 saturated carbocycles. The maximum atomic E-state index is 13.4. The molecular weight excluding hydrogens is 384 g/mol. The number of halogens is 1. The molecule has 1 amide bonds. The molecule has 2 aliphatic rings. The smallest absolute Gasteiger partial charge is 0.226 e. The fourth-order valence-electron chi connectivity index (χ4n) is 4.63. The molecule has 5 nitrogen and oxygen atoms in total. The SMILES string of the molecule is CN(C)c1ncc(-c2cccc(Cl)c2)c([C@@H]2CCCN2C(=O)C2CCCCC2)n1. The number of anilines is 1. The van der Waals surface area contributed by atoms with Crippen LogP contribution in [0.5, 0.6) is 0 Å². The van der Waals surface area contributed by atoms with Gasteiger partial charge in [0.25, 0.3) is 0 Å². The number of aromatic nitrogens is 2. The zero-order valence-electron chi connectivity index (χ0n) is 17.3. The van der Waals surface area contributed by atoms with Gasteiger partial charge in [-0.2, -0.15) is 0 Å². The van der Waals surface area contributed by atoms with Gasteiger partial charge in [0.05, 0.1) is 11.7 Å². The summed E-state index contributed by atoms with van der Waals surface area (Å²) in [6.07, 6.45) is 9.47. The van der Waals surface area contributed by atoms with Gasteiger partial charge in [0.2, 0.25) is 11.9 Å². The zero-order valence-corrected chi connectivity index (χ0v) is 18.0. The summed E-state index contributed by atoms with van der Waals surface area (Å²) in [5, 5.41) is 0.687. The van der Waals surface area contributed by atoms with Crippen LogP contribution in [0, 0.1) is 5.92 Å². The lowest BCUT2D eigenvalue weighted by Gasteiger charge is -2.31. The standard InChI is InChI=1S/C23H29ClN4O/c1-27(2)23-25-15-19(17-10-6-11-18(24)14-17)21(26-23)20-12-7-13-28(20)22(29)16-8-4-3-5-9-16/h6,10-11,14-16,20H,3-5,7-9,12-13H2,1-2H3/t20-/m0/s1. The molecule has 0 unspecified atom stereocenters. The number of carbonyl (C=O) groups excluding carboxylic acids is 1. The van der Waals surface area contributed by atoms with Crippen LogP contribution in [0.3, 0.4) is 0 Å². The van der Waals surface area contributed by atoms with Gasteiger partial charge < -0.3 is 9.80 Å². The summed E-state index contributed by atoms with van der Waals surface area (Å²) < 4.78 is 0. The lowest BCUT2D eigenvalue weighted by Crippen LogP contribution is -2.37. The number of carbonyl (C=O) groups is 1. The molecule has 0 spiro atoms. The van der Waals surface area contributed by atoms with Crippen LogP contribution in [0.2, 0.25) is 5.02 Å². The molecular formula is C23H29ClN4O. The average Bonchev–Trinajstić information content (AvgIpc) is 3.23. The van der Waals surface area contributed by atoms with E-state index in [9.17, 15) is 4.79 Å². The van der Waals surface area contributed by atoms with E-state index in [1.165, 1.54) is 19.3 Å². The van der Waals surface area contributed by atoms with Crippen molar-refractivity contribution in [3.05, 3.63) is 41.2 Å². The lowest BCUT2D eigenvalue weighted by atomic mass is 9.88. The van der Waals surface area contributed by atoms with E-state index < -0.39 is 0 Å². The summed E-state index contributed by atoms with van der Waals surface area (Å²) in [7, 11) is 3.88. The lowest BCUT2D eigenvalue weighted by molar-refractivity contribution is -0.137. The number of amides is 1. The highest BCUT2D eigenvalue weighted by Gasteiger charge is 2.36. The second-order valence-electron chi connectivity index (χ2n) is 8.40. The number of hydrogen-bond acceptors (Lipinski definition) is 4. The summed E-state index contributed by atoms with van der Waals surface area (Å²) >= 11 is 6.26. The van der Waals surface area contributed by atoms with E-state index in [0.29, 0.717) is 16.9 Å². The van der Waals surface area contributed by atoms with Crippen LogP contribution >= 0.6 is 11.6 Å². The molecule has 1 aromatic heterocycles. The molecule has 1 aliphatic heterocycles. The van der Waals surface area contributed by atoms with Crippen LogP contribution in [0.15, 0.2) is 30.5 Å². The minimum absolute atomic E-state index is 0.000100. The topological polar surface area (TPSA) is 49.3 Å². The van der Waals surface area contributed by atoms with E-state index in [1.54, 1.807) is 0 Å². The fourth-order valence-corrected chi connectivity index (χ4v) is 4.82. The molecule has 0 N–H and O–H groups in total. The van der Waals surface area contributed by atoms with Crippen molar-refractivity contribution in [1.29, 1.82) is 0 Å². The van der Waals surface area contributed by atoms with Gasteiger partial charge in [-0.1, -0.05) is 43.0 Å². The second kappa shape index (κ2) is 8.70. The number of hydrogen-bond donors (Lipinski definition) is 0. The predicted octanol–water partition coefficient (Wildman–Crippen LogP) is 5.11. The molecule has 2 heterocycles. The van der Waals surface area contributed by atoms with Crippen molar-refractivity contribution in [3.8, 4) is 11.1 Å². The quantitative estimate of drug-likeness (QED) is 0.700. The van der Waals surface area contributed by atoms with Gasteiger partial charge in [0, 0.05) is 43.3 Å². The Morgan fingerprint density at radius 3 is 2.66 bits per heavy atom. The van der Waals surface area contributed by atoms with Crippen LogP contribution in [0.1, 0.15) is 56.7 Å². The number of nitrogens with zero attached hydrogens (tertiary/aromatic N) is 4. The minimum Gasteiger partial charge on any atom is -0.347 e. The van der Waals surface area contributed by atoms with E-state index in [2.05, 4.69) is 9.88 Å². The van der Waals surface area contributed by atoms with Crippen LogP contribution in [0.25, 0.3) is 11.1 Å². The van der Waals surface area contributed by atoms with Gasteiger partial charge in [0.15, 0.2) is 0 Å². The van der Waals surface area contributed by atoms with Crippen LogP contribution in [0.4, 0.5) is 5.95 Å². The molecule has 0 bridgehead atoms. The average molecular weight is 413 g/mol. The van der Waals surface area contributed by atoms with Gasteiger partial charge in [-0.3, -0.25) is 4.79 Å². The first kappa shape index (κ1) is 20.1. The first-order valence-corrected chi connectivity index (χ1v) is 11.0. The second-order valence-corrected chi connectivity index (χ2v) is 8.83. The normalized spacial score (nSPS) is 20.1. The van der Waals surface area contributed by atoms with Gasteiger partial charge >= 0.3 is 0 Å². The van der Waals surface area contributed by atoms with Crippen LogP contribution in [-0.2, 0) is 4.79 Å². The van der Waals surface area contributed by atoms with Crippen molar-refractivity contribution in [2.45, 2.75) is 51.0 Å². The molecule has 0 radical (unpaired) electrons. The molecule has 29 heavy (non-hydrogen) atoms. The van der Waals surface area contributed by atoms with Crippen molar-refractivity contribution in [2.75, 3.05) is 25.5 Å². The fraction of sp³-hybridized carbons (Fsp3) is 0.522. The van der Waals surface area contributed by atoms with Gasteiger partial charge in [-0.25, -0.2) is 9.97 Å². The highest BCUT2D eigenvalue weighted by molar-refractivity contribution is 6.30. The van der Waals surface area contributed by atoms with E-state index in [-0.39, 0.29) is 12.0 Å². The van der Waals surface area contributed by atoms with Gasteiger partial charge in [-0.15, -0.1) is 0 Å². The summed E-state index contributed by atoms with van der Waals surface area (Å²) in [6.45, 7) is 0.816. The molecule has 1 aromatic carbocycles. The largest absolute Gasteiger partial charge is 0.347 e. The van der Waals surface area contributed by atoms with Gasteiger partial charge in [-0.05, 0) is 43.4 Å². The summed E-state index contributed by atoms with van der Waals surface area (Å²) in [6, 6.07) is 7.79. The Morgan fingerprint density at radius 2 is 1.93 bits per heavy atom. The van der Waals surface area contributed by atoms with E-state index in [1.807, 2.05) is 49.5 Å². The molecule has 1 atom stereocenters. The van der Waals surface area contributed by atoms with Gasteiger partial charge in [0.1, 0.15) is 0 Å². The van der Waals surface area contributed by atoms with Crippen LogP contribution in [-0.4, -0.2) is 41.4 Å². The van der Waals surface area contributed by atoms with Crippen molar-refractivity contribution < 1.29 is 4.79 Å². The van der Waals surface area contributed by atoms with E-state index >= 15 is 0 Å². The Balaban J connectivity index is 1.73. The maximum absolute atomic E-state index is 13.4. The highest BCUT2D eigenvalue weighted by Crippen LogP contribution is 2.39. The van der Waals surface area contributed by atoms with Crippen molar-refractivity contribution in [2.24, 2.45) is 5.92 Å². The number of likely N-dealkylation sites (tertiary alicyclic amines) is 1. The monoisotopic (exact) mass is 412 g/mol. The summed E-state index contributed by atoms with van der Waals surface area (Å²) in [5.74, 6) is 1.16. The summed E-state index contributed by atoms with van der Waals surface area (Å²) in [4.78, 5) is 26.8. The third kappa shape index (κ3) is 4.25. The Bertz CT molecular complexity index is 879. The Morgan fingerprint density at radius 1 is 1.14 bits per heavy atom. The summed E-state index contributed by atoms with van der Waals surface area (Å²) in [5.41, 5.74) is 2.90. The first-order valence-electron chi connectivity index (χ1n) is 10.7. The number of rotatable bonds is 4. The van der Waals surface area contributed by atoms with Crippen LogP contribution < -0.4 is 4.90 Å². The third-order valence-electron chi connectivity index (χ3n) is 6.15. The van der Waals surface area contributed by atoms with Crippen molar-refractivity contribution in [1.82, 2.24) is 14.9 Å². The third-order valence-corrected chi connectivity index (χ3v) is 6.38. The molecule has 154 valence electrons. The molecule has 1 aliphatic carbocycles. The Labute approximate surface area is 178 Å². The Hall–Kier alpha value is -2.14. The highest BCUT2D eigenvalue weighted by atomic mass is 35.5. The first-order chi connectivity index (χ1) is 14.0. The molecule has 2 aromatic rings. The molecule has 6 heteroatoms. The minimum atomic E-state index is 0.000100.